The van der Waals surface area contributed by atoms with E-state index in [-0.39, 0.29) is 12.2 Å². The Labute approximate surface area is 153 Å². The van der Waals surface area contributed by atoms with Crippen LogP contribution in [-0.2, 0) is 10.3 Å². The molecule has 0 spiro atoms. The number of hydrogen-bond acceptors (Lipinski definition) is 3. The van der Waals surface area contributed by atoms with E-state index >= 15 is 0 Å². The van der Waals surface area contributed by atoms with Crippen molar-refractivity contribution in [1.82, 2.24) is 15.1 Å². The fourth-order valence-electron chi connectivity index (χ4n) is 3.25. The van der Waals surface area contributed by atoms with Crippen LogP contribution >= 0.6 is 0 Å². The number of nitrogens with one attached hydrogen (secondary N) is 1. The van der Waals surface area contributed by atoms with Gasteiger partial charge in [-0.05, 0) is 36.5 Å². The zero-order valence-corrected chi connectivity index (χ0v) is 16.0. The highest BCUT2D eigenvalue weighted by Gasteiger charge is 2.49. The van der Waals surface area contributed by atoms with E-state index in [1.807, 2.05) is 0 Å². The smallest absolute Gasteiger partial charge is 0.319 e. The third-order valence-corrected chi connectivity index (χ3v) is 4.36. The van der Waals surface area contributed by atoms with Crippen molar-refractivity contribution in [3.8, 4) is 0 Å². The molecule has 1 aromatic carbocycles. The fraction of sp³-hybridized carbons (Fsp3) is 0.579. The molecule has 1 heterocycles. The van der Waals surface area contributed by atoms with Gasteiger partial charge in [-0.3, -0.25) is 9.69 Å². The molecule has 1 fully saturated rings. The van der Waals surface area contributed by atoms with Gasteiger partial charge in [0.25, 0.3) is 5.91 Å². The van der Waals surface area contributed by atoms with Crippen LogP contribution in [0.25, 0.3) is 0 Å². The van der Waals surface area contributed by atoms with Crippen molar-refractivity contribution in [2.24, 2.45) is 11.8 Å². The van der Waals surface area contributed by atoms with Gasteiger partial charge in [-0.2, -0.15) is 0 Å². The average Bonchev–Trinajstić information content (AvgIpc) is 2.73. The Morgan fingerprint density at radius 1 is 1.08 bits per heavy atom. The van der Waals surface area contributed by atoms with Gasteiger partial charge in [-0.25, -0.2) is 18.5 Å². The van der Waals surface area contributed by atoms with Crippen molar-refractivity contribution in [3.05, 3.63) is 35.4 Å². The Hall–Kier alpha value is -2.02. The van der Waals surface area contributed by atoms with Crippen molar-refractivity contribution >= 4 is 11.9 Å². The summed E-state index contributed by atoms with van der Waals surface area (Å²) in [5.41, 5.74) is -1.19. The predicted molar refractivity (Wildman–Crippen MR) is 95.2 cm³/mol. The summed E-state index contributed by atoms with van der Waals surface area (Å²) in [7, 11) is 0. The lowest BCUT2D eigenvalue weighted by molar-refractivity contribution is -0.132. The third-order valence-electron chi connectivity index (χ3n) is 4.36. The van der Waals surface area contributed by atoms with Gasteiger partial charge in [0, 0.05) is 13.1 Å². The molecule has 0 radical (unpaired) electrons. The number of carbonyl (C=O) groups is 2. The molecule has 26 heavy (non-hydrogen) atoms. The molecule has 1 N–H and O–H groups in total. The van der Waals surface area contributed by atoms with E-state index in [1.54, 1.807) is 0 Å². The maximum absolute atomic E-state index is 13.6. The number of imide groups is 1. The normalized spacial score (nSPS) is 20.6. The number of carbonyl (C=O) groups excluding carboxylic acids is 2. The fourth-order valence-corrected chi connectivity index (χ4v) is 3.25. The van der Waals surface area contributed by atoms with Crippen LogP contribution in [0.3, 0.4) is 0 Å². The van der Waals surface area contributed by atoms with Crippen molar-refractivity contribution in [3.63, 3.8) is 0 Å². The molecule has 0 unspecified atom stereocenters. The van der Waals surface area contributed by atoms with Gasteiger partial charge in [0.15, 0.2) is 11.6 Å². The van der Waals surface area contributed by atoms with Crippen LogP contribution in [0.2, 0.25) is 0 Å². The molecule has 1 saturated heterocycles. The van der Waals surface area contributed by atoms with Gasteiger partial charge >= 0.3 is 6.03 Å². The first kappa shape index (κ1) is 20.3. The summed E-state index contributed by atoms with van der Waals surface area (Å²) in [6.07, 6.45) is 0. The van der Waals surface area contributed by atoms with E-state index in [0.717, 1.165) is 30.1 Å². The van der Waals surface area contributed by atoms with E-state index in [1.165, 1.54) is 13.0 Å². The minimum absolute atomic E-state index is 0.167. The quantitative estimate of drug-likeness (QED) is 0.753. The Morgan fingerprint density at radius 3 is 2.15 bits per heavy atom. The maximum Gasteiger partial charge on any atom is 0.326 e. The van der Waals surface area contributed by atoms with E-state index < -0.39 is 29.1 Å². The summed E-state index contributed by atoms with van der Waals surface area (Å²) in [6.45, 7) is 11.5. The van der Waals surface area contributed by atoms with Gasteiger partial charge in [0.1, 0.15) is 5.54 Å². The highest BCUT2D eigenvalue weighted by Crippen LogP contribution is 2.30. The largest absolute Gasteiger partial charge is 0.326 e. The second kappa shape index (κ2) is 7.70. The molecule has 0 bridgehead atoms. The second-order valence-corrected chi connectivity index (χ2v) is 7.88. The number of amides is 3. The van der Waals surface area contributed by atoms with Crippen LogP contribution in [0.15, 0.2) is 18.2 Å². The zero-order chi connectivity index (χ0) is 19.6. The number of rotatable bonds is 7. The third kappa shape index (κ3) is 4.20. The average molecular weight is 367 g/mol. The molecule has 1 aromatic rings. The minimum atomic E-state index is -1.41. The lowest BCUT2D eigenvalue weighted by Crippen LogP contribution is -2.45. The zero-order valence-electron chi connectivity index (χ0n) is 16.0. The van der Waals surface area contributed by atoms with Crippen LogP contribution in [0.5, 0.6) is 0 Å². The van der Waals surface area contributed by atoms with Gasteiger partial charge < -0.3 is 5.32 Å². The molecule has 1 aliphatic heterocycles. The van der Waals surface area contributed by atoms with E-state index in [0.29, 0.717) is 11.8 Å². The Kier molecular flexibility index (Phi) is 6.01. The van der Waals surface area contributed by atoms with Gasteiger partial charge in [-0.1, -0.05) is 33.8 Å². The van der Waals surface area contributed by atoms with Crippen LogP contribution in [0.4, 0.5) is 13.6 Å². The van der Waals surface area contributed by atoms with Crippen LogP contribution in [0.1, 0.15) is 40.2 Å². The molecule has 3 amide bonds. The molecule has 7 heteroatoms. The topological polar surface area (TPSA) is 52.6 Å². The van der Waals surface area contributed by atoms with Crippen molar-refractivity contribution < 1.29 is 18.4 Å². The first-order chi connectivity index (χ1) is 12.0. The number of benzene rings is 1. The lowest BCUT2D eigenvalue weighted by atomic mass is 9.92. The van der Waals surface area contributed by atoms with Crippen molar-refractivity contribution in [2.45, 2.75) is 40.2 Å². The number of urea groups is 1. The van der Waals surface area contributed by atoms with Crippen LogP contribution in [0, 0.1) is 23.5 Å². The number of hydrogen-bond donors (Lipinski definition) is 1. The molecule has 144 valence electrons. The minimum Gasteiger partial charge on any atom is -0.319 e. The molecule has 1 aliphatic rings. The lowest BCUT2D eigenvalue weighted by Gasteiger charge is -2.29. The monoisotopic (exact) mass is 367 g/mol. The van der Waals surface area contributed by atoms with Crippen molar-refractivity contribution in [1.29, 1.82) is 0 Å². The van der Waals surface area contributed by atoms with Gasteiger partial charge in [0.05, 0.1) is 6.67 Å². The summed E-state index contributed by atoms with van der Waals surface area (Å²) in [6, 6.07) is 2.71. The van der Waals surface area contributed by atoms with Crippen molar-refractivity contribution in [2.75, 3.05) is 19.8 Å². The van der Waals surface area contributed by atoms with Crippen LogP contribution in [-0.4, -0.2) is 41.5 Å². The van der Waals surface area contributed by atoms with E-state index in [2.05, 4.69) is 37.9 Å². The molecular formula is C19H27F2N3O2. The highest BCUT2D eigenvalue weighted by molar-refractivity contribution is 6.07. The molecule has 0 aliphatic carbocycles. The summed E-state index contributed by atoms with van der Waals surface area (Å²) in [5, 5.41) is 2.63. The van der Waals surface area contributed by atoms with E-state index in [9.17, 15) is 18.4 Å². The molecule has 5 nitrogen and oxygen atoms in total. The SMILES string of the molecule is CC(C)CN(CC(C)C)CN1C(=O)N[C@](C)(c2ccc(F)c(F)c2)C1=O. The molecular weight excluding hydrogens is 340 g/mol. The number of nitrogens with zero attached hydrogens (tertiary/aromatic N) is 2. The summed E-state index contributed by atoms with van der Waals surface area (Å²) >= 11 is 0. The molecule has 0 saturated carbocycles. The Balaban J connectivity index is 2.24. The highest BCUT2D eigenvalue weighted by atomic mass is 19.2. The van der Waals surface area contributed by atoms with Crippen LogP contribution < -0.4 is 5.32 Å². The summed E-state index contributed by atoms with van der Waals surface area (Å²) in [5.74, 6) is -1.75. The van der Waals surface area contributed by atoms with E-state index in [4.69, 9.17) is 0 Å². The Bertz CT molecular complexity index is 683. The Morgan fingerprint density at radius 2 is 1.65 bits per heavy atom. The second-order valence-electron chi connectivity index (χ2n) is 7.88. The molecule has 1 atom stereocenters. The maximum atomic E-state index is 13.6. The first-order valence-corrected chi connectivity index (χ1v) is 8.86. The van der Waals surface area contributed by atoms with Gasteiger partial charge in [0.2, 0.25) is 0 Å². The van der Waals surface area contributed by atoms with Gasteiger partial charge in [-0.15, -0.1) is 0 Å². The first-order valence-electron chi connectivity index (χ1n) is 8.86. The molecule has 0 aromatic heterocycles. The number of halogens is 2. The summed E-state index contributed by atoms with van der Waals surface area (Å²) < 4.78 is 26.8. The predicted octanol–water partition coefficient (Wildman–Crippen LogP) is 3.30. The standard InChI is InChI=1S/C19H27F2N3O2/c1-12(2)9-23(10-13(3)4)11-24-17(25)19(5,22-18(24)26)14-6-7-15(20)16(21)8-14/h6-8,12-13H,9-11H2,1-5H3,(H,22,26)/t19-/m1/s1. The summed E-state index contributed by atoms with van der Waals surface area (Å²) in [4.78, 5) is 28.6. The molecule has 2 rings (SSSR count).